The fourth-order valence-corrected chi connectivity index (χ4v) is 6.03. The van der Waals surface area contributed by atoms with Gasteiger partial charge < -0.3 is 9.73 Å². The molecule has 39 heavy (non-hydrogen) atoms. The lowest BCUT2D eigenvalue weighted by molar-refractivity contribution is -0.116. The van der Waals surface area contributed by atoms with Crippen molar-refractivity contribution in [1.82, 2.24) is 0 Å². The van der Waals surface area contributed by atoms with Crippen LogP contribution in [0.5, 0.6) is 0 Å². The molecule has 7 rings (SSSR count). The number of nitrogens with zero attached hydrogens (tertiary/aromatic N) is 1. The first-order valence-electron chi connectivity index (χ1n) is 13.2. The predicted molar refractivity (Wildman–Crippen MR) is 153 cm³/mol. The normalized spacial score (nSPS) is 18.8. The predicted octanol–water partition coefficient (Wildman–Crippen LogP) is 7.65. The van der Waals surface area contributed by atoms with E-state index < -0.39 is 6.04 Å². The van der Waals surface area contributed by atoms with Crippen LogP contribution in [0.2, 0.25) is 0 Å². The maximum absolute atomic E-state index is 14.7. The summed E-state index contributed by atoms with van der Waals surface area (Å²) in [6, 6.07) is 34.6. The van der Waals surface area contributed by atoms with E-state index in [0.29, 0.717) is 24.0 Å². The summed E-state index contributed by atoms with van der Waals surface area (Å²) in [5.74, 6) is 0.601. The smallest absolute Gasteiger partial charge is 0.259 e. The van der Waals surface area contributed by atoms with Crippen LogP contribution in [0.1, 0.15) is 46.5 Å². The number of furan rings is 1. The van der Waals surface area contributed by atoms with Gasteiger partial charge in [-0.25, -0.2) is 0 Å². The Morgan fingerprint density at radius 1 is 0.795 bits per heavy atom. The standard InChI is InChI=1S/C34H26N2O3/c37-30-21-24(31-18-9-19-39-31)20-28-32(30)33(23-11-2-1-3-12-23)36(29-17-7-6-16-27(29)35-28)34(38)26-15-8-13-22-10-4-5-14-25(22)26/h1-19,24,33,35H,20-21H2/t24-,33-/m1/s1. The summed E-state index contributed by atoms with van der Waals surface area (Å²) in [4.78, 5) is 30.6. The highest BCUT2D eigenvalue weighted by Gasteiger charge is 2.42. The molecular weight excluding hydrogens is 484 g/mol. The van der Waals surface area contributed by atoms with Crippen LogP contribution in [-0.2, 0) is 4.79 Å². The largest absolute Gasteiger partial charge is 0.469 e. The third-order valence-electron chi connectivity index (χ3n) is 7.79. The average molecular weight is 511 g/mol. The summed E-state index contributed by atoms with van der Waals surface area (Å²) in [6.45, 7) is 0. The first-order valence-corrected chi connectivity index (χ1v) is 13.2. The number of Topliss-reactive ketones (excluding diaryl/α,β-unsaturated/α-hetero) is 1. The van der Waals surface area contributed by atoms with E-state index in [1.54, 1.807) is 6.26 Å². The van der Waals surface area contributed by atoms with Gasteiger partial charge in [0.2, 0.25) is 0 Å². The quantitative estimate of drug-likeness (QED) is 0.271. The molecule has 0 fully saturated rings. The minimum atomic E-state index is -0.589. The van der Waals surface area contributed by atoms with E-state index in [2.05, 4.69) is 5.32 Å². The lowest BCUT2D eigenvalue weighted by atomic mass is 9.80. The summed E-state index contributed by atoms with van der Waals surface area (Å²) in [6.07, 6.45) is 2.59. The highest BCUT2D eigenvalue weighted by atomic mass is 16.3. The summed E-state index contributed by atoms with van der Waals surface area (Å²) in [5, 5.41) is 5.46. The van der Waals surface area contributed by atoms with Crippen molar-refractivity contribution in [3.8, 4) is 0 Å². The minimum absolute atomic E-state index is 0.0162. The summed E-state index contributed by atoms with van der Waals surface area (Å²) in [7, 11) is 0. The Balaban J connectivity index is 1.46. The minimum Gasteiger partial charge on any atom is -0.469 e. The van der Waals surface area contributed by atoms with Crippen molar-refractivity contribution < 1.29 is 14.0 Å². The molecule has 1 aliphatic heterocycles. The molecule has 5 aromatic rings. The van der Waals surface area contributed by atoms with Crippen molar-refractivity contribution in [3.05, 3.63) is 144 Å². The third kappa shape index (κ3) is 3.94. The zero-order chi connectivity index (χ0) is 26.3. The Kier molecular flexibility index (Phi) is 5.63. The molecule has 0 unspecified atom stereocenters. The molecule has 1 aromatic heterocycles. The molecule has 5 heteroatoms. The number of para-hydroxylation sites is 2. The molecule has 1 amide bonds. The lowest BCUT2D eigenvalue weighted by Gasteiger charge is -2.35. The molecule has 0 bridgehead atoms. The number of nitrogens with one attached hydrogen (secondary N) is 1. The topological polar surface area (TPSA) is 62.6 Å². The number of ketones is 1. The van der Waals surface area contributed by atoms with Crippen molar-refractivity contribution in [3.63, 3.8) is 0 Å². The molecule has 4 aromatic carbocycles. The van der Waals surface area contributed by atoms with E-state index in [1.807, 2.05) is 114 Å². The molecule has 2 heterocycles. The Labute approximate surface area is 226 Å². The highest BCUT2D eigenvalue weighted by molar-refractivity contribution is 6.17. The molecule has 5 nitrogen and oxygen atoms in total. The number of rotatable bonds is 3. The molecule has 1 N–H and O–H groups in total. The number of hydrogen-bond acceptors (Lipinski definition) is 4. The van der Waals surface area contributed by atoms with Crippen molar-refractivity contribution in [2.75, 3.05) is 10.2 Å². The molecule has 190 valence electrons. The fraction of sp³-hybridized carbons (Fsp3) is 0.118. The second-order valence-electron chi connectivity index (χ2n) is 10.1. The number of allylic oxidation sites excluding steroid dienone is 1. The van der Waals surface area contributed by atoms with Gasteiger partial charge in [-0.2, -0.15) is 0 Å². The maximum atomic E-state index is 14.7. The van der Waals surface area contributed by atoms with Crippen LogP contribution in [0.15, 0.2) is 131 Å². The molecule has 2 atom stereocenters. The summed E-state index contributed by atoms with van der Waals surface area (Å²) >= 11 is 0. The highest BCUT2D eigenvalue weighted by Crippen LogP contribution is 2.48. The van der Waals surface area contributed by atoms with E-state index in [-0.39, 0.29) is 17.6 Å². The molecule has 0 spiro atoms. The van der Waals surface area contributed by atoms with Crippen LogP contribution < -0.4 is 10.2 Å². The second-order valence-corrected chi connectivity index (χ2v) is 10.1. The Hall–Kier alpha value is -4.90. The average Bonchev–Trinajstić information content (AvgIpc) is 3.47. The number of benzene rings is 4. The number of hydrogen-bond donors (Lipinski definition) is 1. The number of amides is 1. The molecular formula is C34H26N2O3. The van der Waals surface area contributed by atoms with Crippen molar-refractivity contribution in [1.29, 1.82) is 0 Å². The lowest BCUT2D eigenvalue weighted by Crippen LogP contribution is -2.38. The monoisotopic (exact) mass is 510 g/mol. The van der Waals surface area contributed by atoms with Crippen LogP contribution in [0.25, 0.3) is 10.8 Å². The SMILES string of the molecule is O=C1C[C@H](c2ccco2)CC2=C1[C@@H](c1ccccc1)N(C(=O)c1cccc3ccccc13)c1ccccc1N2. The van der Waals surface area contributed by atoms with Gasteiger partial charge in [-0.05, 0) is 53.1 Å². The Morgan fingerprint density at radius 3 is 2.41 bits per heavy atom. The third-order valence-corrected chi connectivity index (χ3v) is 7.79. The number of anilines is 2. The van der Waals surface area contributed by atoms with Crippen LogP contribution in [0.4, 0.5) is 11.4 Å². The van der Waals surface area contributed by atoms with Gasteiger partial charge in [0.25, 0.3) is 5.91 Å². The van der Waals surface area contributed by atoms with Crippen LogP contribution in [0, 0.1) is 0 Å². The summed E-state index contributed by atoms with van der Waals surface area (Å²) in [5.41, 5.74) is 4.49. The van der Waals surface area contributed by atoms with E-state index in [0.717, 1.165) is 39.2 Å². The molecule has 1 aliphatic carbocycles. The first kappa shape index (κ1) is 23.2. The van der Waals surface area contributed by atoms with Gasteiger partial charge in [-0.1, -0.05) is 78.9 Å². The number of fused-ring (bicyclic) bond motifs is 2. The van der Waals surface area contributed by atoms with E-state index in [9.17, 15) is 9.59 Å². The van der Waals surface area contributed by atoms with Crippen LogP contribution >= 0.6 is 0 Å². The molecule has 0 saturated heterocycles. The van der Waals surface area contributed by atoms with Gasteiger partial charge >= 0.3 is 0 Å². The maximum Gasteiger partial charge on any atom is 0.259 e. The fourth-order valence-electron chi connectivity index (χ4n) is 6.03. The van der Waals surface area contributed by atoms with Crippen molar-refractivity contribution in [2.24, 2.45) is 0 Å². The van der Waals surface area contributed by atoms with E-state index in [4.69, 9.17) is 4.42 Å². The van der Waals surface area contributed by atoms with Gasteiger partial charge in [0.1, 0.15) is 5.76 Å². The van der Waals surface area contributed by atoms with Crippen molar-refractivity contribution in [2.45, 2.75) is 24.8 Å². The molecule has 0 saturated carbocycles. The molecule has 2 aliphatic rings. The second kappa shape index (κ2) is 9.44. The van der Waals surface area contributed by atoms with Gasteiger partial charge in [0.05, 0.1) is 23.7 Å². The zero-order valence-electron chi connectivity index (χ0n) is 21.2. The van der Waals surface area contributed by atoms with Crippen LogP contribution in [-0.4, -0.2) is 11.7 Å². The van der Waals surface area contributed by atoms with E-state index in [1.165, 1.54) is 0 Å². The van der Waals surface area contributed by atoms with Gasteiger partial charge in [-0.3, -0.25) is 14.5 Å². The summed E-state index contributed by atoms with van der Waals surface area (Å²) < 4.78 is 5.70. The van der Waals surface area contributed by atoms with Gasteiger partial charge in [0, 0.05) is 29.2 Å². The van der Waals surface area contributed by atoms with Crippen molar-refractivity contribution >= 4 is 33.8 Å². The van der Waals surface area contributed by atoms with Gasteiger partial charge in [-0.15, -0.1) is 0 Å². The zero-order valence-corrected chi connectivity index (χ0v) is 21.2. The number of carbonyl (C=O) groups is 2. The Morgan fingerprint density at radius 2 is 1.56 bits per heavy atom. The number of carbonyl (C=O) groups excluding carboxylic acids is 2. The van der Waals surface area contributed by atoms with Gasteiger partial charge in [0.15, 0.2) is 5.78 Å². The van der Waals surface area contributed by atoms with E-state index >= 15 is 0 Å². The first-order chi connectivity index (χ1) is 19.2. The Bertz CT molecular complexity index is 1730. The molecule has 0 radical (unpaired) electrons. The van der Waals surface area contributed by atoms with Crippen LogP contribution in [0.3, 0.4) is 0 Å².